The smallest absolute Gasteiger partial charge is 0.343 e. The fraction of sp³-hybridized carbons (Fsp3) is 0.0833. The number of carbonyl (C=O) groups is 2. The van der Waals surface area contributed by atoms with Gasteiger partial charge in [0, 0.05) is 16.0 Å². The van der Waals surface area contributed by atoms with Crippen LogP contribution in [0.5, 0.6) is 5.75 Å². The van der Waals surface area contributed by atoms with Crippen LogP contribution >= 0.6 is 11.8 Å². The summed E-state index contributed by atoms with van der Waals surface area (Å²) in [6, 6.07) is 20.4. The van der Waals surface area contributed by atoms with Gasteiger partial charge in [-0.2, -0.15) is 0 Å². The Labute approximate surface area is 168 Å². The van der Waals surface area contributed by atoms with Crippen LogP contribution in [0.1, 0.15) is 37.4 Å². The van der Waals surface area contributed by atoms with Crippen LogP contribution in [-0.4, -0.2) is 11.8 Å². The van der Waals surface area contributed by atoms with Crippen LogP contribution in [0.3, 0.4) is 0 Å². The summed E-state index contributed by atoms with van der Waals surface area (Å²) in [5.74, 6) is 0.0168. The molecule has 3 aromatic rings. The monoisotopic (exact) mass is 386 g/mol. The van der Waals surface area contributed by atoms with Crippen molar-refractivity contribution >= 4 is 29.6 Å². The second kappa shape index (κ2) is 7.49. The largest absolute Gasteiger partial charge is 0.422 e. The molecular formula is C24H18O3S. The summed E-state index contributed by atoms with van der Waals surface area (Å²) < 4.78 is 5.65. The lowest BCUT2D eigenvalue weighted by atomic mass is 10.1. The molecule has 3 aromatic carbocycles. The van der Waals surface area contributed by atoms with Gasteiger partial charge in [0.05, 0.1) is 10.5 Å². The van der Waals surface area contributed by atoms with Crippen molar-refractivity contribution in [2.75, 3.05) is 0 Å². The van der Waals surface area contributed by atoms with Gasteiger partial charge in [-0.05, 0) is 56.3 Å². The molecule has 3 nitrogen and oxygen atoms in total. The van der Waals surface area contributed by atoms with Gasteiger partial charge in [-0.15, -0.1) is 0 Å². The number of carbonyl (C=O) groups excluding carboxylic acids is 2. The predicted molar refractivity (Wildman–Crippen MR) is 112 cm³/mol. The summed E-state index contributed by atoms with van der Waals surface area (Å²) in [5.41, 5.74) is 4.01. The van der Waals surface area contributed by atoms with Gasteiger partial charge in [0.2, 0.25) is 5.78 Å². The molecule has 138 valence electrons. The maximum atomic E-state index is 12.7. The van der Waals surface area contributed by atoms with E-state index in [-0.39, 0.29) is 5.78 Å². The molecule has 4 rings (SSSR count). The van der Waals surface area contributed by atoms with Crippen molar-refractivity contribution in [3.05, 3.63) is 99.5 Å². The first-order chi connectivity index (χ1) is 13.5. The Kier molecular flexibility index (Phi) is 4.88. The number of Topliss-reactive ketones (excluding diaryl/α,β-unsaturated/α-hetero) is 1. The van der Waals surface area contributed by atoms with Crippen LogP contribution in [0.4, 0.5) is 0 Å². The molecule has 0 spiro atoms. The van der Waals surface area contributed by atoms with Crippen LogP contribution in [-0.2, 0) is 0 Å². The minimum Gasteiger partial charge on any atom is -0.422 e. The fourth-order valence-electron chi connectivity index (χ4n) is 3.00. The van der Waals surface area contributed by atoms with Crippen LogP contribution in [0.15, 0.2) is 76.5 Å². The minimum atomic E-state index is -0.419. The van der Waals surface area contributed by atoms with Gasteiger partial charge in [0.15, 0.2) is 0 Å². The second-order valence-electron chi connectivity index (χ2n) is 6.73. The zero-order valence-electron chi connectivity index (χ0n) is 15.6. The van der Waals surface area contributed by atoms with E-state index in [0.717, 1.165) is 16.0 Å². The van der Waals surface area contributed by atoms with Crippen LogP contribution < -0.4 is 4.74 Å². The third-order valence-electron chi connectivity index (χ3n) is 4.52. The van der Waals surface area contributed by atoms with Gasteiger partial charge in [0.25, 0.3) is 0 Å². The maximum Gasteiger partial charge on any atom is 0.343 e. The molecule has 1 aliphatic rings. The Balaban J connectivity index is 1.65. The van der Waals surface area contributed by atoms with E-state index in [1.165, 1.54) is 11.8 Å². The number of ketones is 1. The first-order valence-corrected chi connectivity index (χ1v) is 9.76. The quantitative estimate of drug-likeness (QED) is 0.322. The topological polar surface area (TPSA) is 43.4 Å². The number of hydrogen-bond donors (Lipinski definition) is 0. The van der Waals surface area contributed by atoms with E-state index in [1.54, 1.807) is 24.3 Å². The molecule has 28 heavy (non-hydrogen) atoms. The Bertz CT molecular complexity index is 1110. The zero-order valence-corrected chi connectivity index (χ0v) is 16.4. The summed E-state index contributed by atoms with van der Waals surface area (Å²) in [5, 5.41) is 0. The molecule has 1 heterocycles. The van der Waals surface area contributed by atoms with Crippen molar-refractivity contribution in [2.45, 2.75) is 18.7 Å². The van der Waals surface area contributed by atoms with Crippen molar-refractivity contribution < 1.29 is 14.3 Å². The van der Waals surface area contributed by atoms with Gasteiger partial charge in [-0.25, -0.2) is 4.79 Å². The standard InChI is InChI=1S/C24H18O3S/c1-15-7-10-17(11-8-15)24(26)27-20-12-9-16(2)13-18(20)14-22-23(25)19-5-3-4-6-21(19)28-22/h3-14H,1-2H3/b22-14-. The average molecular weight is 386 g/mol. The number of fused-ring (bicyclic) bond motifs is 1. The van der Waals surface area contributed by atoms with Crippen LogP contribution in [0.2, 0.25) is 0 Å². The number of thioether (sulfide) groups is 1. The summed E-state index contributed by atoms with van der Waals surface area (Å²) in [6.45, 7) is 3.93. The lowest BCUT2D eigenvalue weighted by Gasteiger charge is -2.09. The van der Waals surface area contributed by atoms with E-state index < -0.39 is 5.97 Å². The number of benzene rings is 3. The van der Waals surface area contributed by atoms with Crippen LogP contribution in [0, 0.1) is 13.8 Å². The van der Waals surface area contributed by atoms with E-state index in [4.69, 9.17) is 4.74 Å². The molecule has 0 amide bonds. The first kappa shape index (κ1) is 18.3. The average Bonchev–Trinajstić information content (AvgIpc) is 3.00. The van der Waals surface area contributed by atoms with Crippen molar-refractivity contribution in [1.82, 2.24) is 0 Å². The number of esters is 1. The molecule has 0 aliphatic carbocycles. The molecular weight excluding hydrogens is 368 g/mol. The van der Waals surface area contributed by atoms with Gasteiger partial charge in [0.1, 0.15) is 5.75 Å². The maximum absolute atomic E-state index is 12.7. The molecule has 4 heteroatoms. The highest BCUT2D eigenvalue weighted by Gasteiger charge is 2.25. The molecule has 1 aliphatic heterocycles. The van der Waals surface area contributed by atoms with Crippen molar-refractivity contribution in [3.63, 3.8) is 0 Å². The number of rotatable bonds is 3. The third kappa shape index (κ3) is 3.64. The van der Waals surface area contributed by atoms with E-state index in [9.17, 15) is 9.59 Å². The molecule has 0 N–H and O–H groups in total. The molecule has 0 aromatic heterocycles. The minimum absolute atomic E-state index is 0.00193. The molecule has 0 atom stereocenters. The first-order valence-electron chi connectivity index (χ1n) is 8.94. The van der Waals surface area contributed by atoms with E-state index in [0.29, 0.717) is 27.3 Å². The normalized spacial score (nSPS) is 14.2. The highest BCUT2D eigenvalue weighted by Crippen LogP contribution is 2.41. The summed E-state index contributed by atoms with van der Waals surface area (Å²) in [7, 11) is 0. The lowest BCUT2D eigenvalue weighted by Crippen LogP contribution is -2.09. The summed E-state index contributed by atoms with van der Waals surface area (Å²) in [4.78, 5) is 26.8. The van der Waals surface area contributed by atoms with E-state index in [1.807, 2.05) is 62.4 Å². The van der Waals surface area contributed by atoms with E-state index >= 15 is 0 Å². The number of aryl methyl sites for hydroxylation is 2. The molecule has 0 saturated carbocycles. The van der Waals surface area contributed by atoms with Gasteiger partial charge >= 0.3 is 5.97 Å². The Hall–Kier alpha value is -3.11. The Morgan fingerprint density at radius 2 is 1.64 bits per heavy atom. The molecule has 0 unspecified atom stereocenters. The highest BCUT2D eigenvalue weighted by molar-refractivity contribution is 8.04. The van der Waals surface area contributed by atoms with Crippen molar-refractivity contribution in [3.8, 4) is 5.75 Å². The lowest BCUT2D eigenvalue weighted by molar-refractivity contribution is 0.0734. The second-order valence-corrected chi connectivity index (χ2v) is 7.82. The fourth-order valence-corrected chi connectivity index (χ4v) is 4.04. The van der Waals surface area contributed by atoms with Crippen LogP contribution in [0.25, 0.3) is 6.08 Å². The number of ether oxygens (including phenoxy) is 1. The van der Waals surface area contributed by atoms with Gasteiger partial charge < -0.3 is 4.74 Å². The van der Waals surface area contributed by atoms with Gasteiger partial charge in [-0.3, -0.25) is 4.79 Å². The Morgan fingerprint density at radius 1 is 0.929 bits per heavy atom. The molecule has 0 fully saturated rings. The van der Waals surface area contributed by atoms with Gasteiger partial charge in [-0.1, -0.05) is 53.2 Å². The molecule has 0 bridgehead atoms. The Morgan fingerprint density at radius 3 is 2.39 bits per heavy atom. The number of hydrogen-bond acceptors (Lipinski definition) is 4. The zero-order chi connectivity index (χ0) is 19.7. The molecule has 0 radical (unpaired) electrons. The third-order valence-corrected chi connectivity index (χ3v) is 5.62. The van der Waals surface area contributed by atoms with E-state index in [2.05, 4.69) is 0 Å². The predicted octanol–water partition coefficient (Wildman–Crippen LogP) is 5.85. The number of allylic oxidation sites excluding steroid dienone is 1. The summed E-state index contributed by atoms with van der Waals surface area (Å²) in [6.07, 6.45) is 1.80. The highest BCUT2D eigenvalue weighted by atomic mass is 32.2. The van der Waals surface area contributed by atoms with Crippen molar-refractivity contribution in [1.29, 1.82) is 0 Å². The SMILES string of the molecule is Cc1ccc(C(=O)Oc2ccc(C)cc2/C=C2\Sc3ccccc3C2=O)cc1. The molecule has 0 saturated heterocycles. The summed E-state index contributed by atoms with van der Waals surface area (Å²) >= 11 is 1.44. The van der Waals surface area contributed by atoms with Crippen molar-refractivity contribution in [2.24, 2.45) is 0 Å².